The molecule has 0 spiro atoms. The Balaban J connectivity index is 0.00000225. The second-order valence-corrected chi connectivity index (χ2v) is 6.27. The van der Waals surface area contributed by atoms with Crippen molar-refractivity contribution in [1.29, 1.82) is 0 Å². The van der Waals surface area contributed by atoms with Gasteiger partial charge in [0.2, 0.25) is 5.91 Å². The fraction of sp³-hybridized carbons (Fsp3) is 0.350. The number of hydrogen-bond donors (Lipinski definition) is 0. The summed E-state index contributed by atoms with van der Waals surface area (Å²) in [4.78, 5) is 25.8. The molecule has 1 aromatic carbocycles. The van der Waals surface area contributed by atoms with Crippen molar-refractivity contribution in [2.24, 2.45) is 0 Å². The van der Waals surface area contributed by atoms with E-state index in [1.807, 2.05) is 53.7 Å². The number of carbonyl (C=O) groups excluding carboxylic acids is 2. The Morgan fingerprint density at radius 3 is 2.60 bits per heavy atom. The number of unbranched alkanes of at least 4 members (excludes halogenated alkanes) is 1. The van der Waals surface area contributed by atoms with Crippen molar-refractivity contribution >= 4 is 17.4 Å². The van der Waals surface area contributed by atoms with E-state index in [0.717, 1.165) is 49.2 Å². The number of benzene rings is 1. The lowest BCUT2D eigenvalue weighted by atomic mass is 10.1. The largest absolute Gasteiger partial charge is 1.00 e. The Bertz CT molecular complexity index is 747. The Hall–Kier alpha value is -2.01. The highest BCUT2D eigenvalue weighted by molar-refractivity contribution is 5.98. The van der Waals surface area contributed by atoms with E-state index >= 15 is 0 Å². The van der Waals surface area contributed by atoms with E-state index in [1.165, 1.54) is 0 Å². The number of carbonyl (C=O) groups is 2. The molecule has 4 nitrogen and oxygen atoms in total. The van der Waals surface area contributed by atoms with Gasteiger partial charge in [-0.05, 0) is 43.5 Å². The second-order valence-electron chi connectivity index (χ2n) is 6.27. The summed E-state index contributed by atoms with van der Waals surface area (Å²) in [6, 6.07) is 11.7. The molecule has 3 rings (SSSR count). The molecule has 1 aliphatic heterocycles. The van der Waals surface area contributed by atoms with Crippen LogP contribution in [0.4, 0.5) is 5.69 Å². The molecule has 0 bridgehead atoms. The predicted molar refractivity (Wildman–Crippen MR) is 93.0 cm³/mol. The minimum Gasteiger partial charge on any atom is -1.00 e. The Morgan fingerprint density at radius 2 is 1.88 bits per heavy atom. The normalized spacial score (nSPS) is 12.4. The van der Waals surface area contributed by atoms with E-state index in [2.05, 4.69) is 4.57 Å². The van der Waals surface area contributed by atoms with Crippen LogP contribution in [-0.4, -0.2) is 18.2 Å². The van der Waals surface area contributed by atoms with Gasteiger partial charge in [-0.15, -0.1) is 0 Å². The van der Waals surface area contributed by atoms with Crippen molar-refractivity contribution < 1.29 is 31.1 Å². The fourth-order valence-electron chi connectivity index (χ4n) is 3.17. The first-order valence-electron chi connectivity index (χ1n) is 8.53. The van der Waals surface area contributed by atoms with Crippen LogP contribution in [0.2, 0.25) is 0 Å². The van der Waals surface area contributed by atoms with Gasteiger partial charge in [-0.25, -0.2) is 4.57 Å². The highest BCUT2D eigenvalue weighted by Crippen LogP contribution is 2.29. The van der Waals surface area contributed by atoms with Gasteiger partial charge in [0, 0.05) is 42.8 Å². The maximum absolute atomic E-state index is 12.5. The van der Waals surface area contributed by atoms with Crippen molar-refractivity contribution in [1.82, 2.24) is 0 Å². The predicted octanol–water partition coefficient (Wildman–Crippen LogP) is -0.0597. The van der Waals surface area contributed by atoms with E-state index in [9.17, 15) is 9.59 Å². The maximum Gasteiger partial charge on any atom is 0.226 e. The number of hydrogen-bond acceptors (Lipinski definition) is 2. The van der Waals surface area contributed by atoms with Gasteiger partial charge < -0.3 is 21.9 Å². The topological polar surface area (TPSA) is 41.3 Å². The number of anilines is 1. The molecule has 0 unspecified atom stereocenters. The Labute approximate surface area is 159 Å². The Kier molecular flexibility index (Phi) is 6.88. The number of ketones is 1. The number of aromatic nitrogens is 1. The van der Waals surface area contributed by atoms with Gasteiger partial charge >= 0.3 is 0 Å². The molecule has 1 amide bonds. The fourth-order valence-corrected chi connectivity index (χ4v) is 3.17. The molecule has 0 atom stereocenters. The third kappa shape index (κ3) is 4.75. The molecule has 0 fully saturated rings. The number of halogens is 1. The number of nitrogens with zero attached hydrogens (tertiary/aromatic N) is 2. The van der Waals surface area contributed by atoms with Gasteiger partial charge in [0.1, 0.15) is 6.54 Å². The quantitative estimate of drug-likeness (QED) is 0.385. The molecule has 0 saturated carbocycles. The van der Waals surface area contributed by atoms with E-state index in [-0.39, 0.29) is 28.7 Å². The zero-order valence-corrected chi connectivity index (χ0v) is 16.0. The first-order chi connectivity index (χ1) is 11.6. The highest BCUT2D eigenvalue weighted by Gasteiger charge is 2.24. The molecular weight excluding hydrogens is 380 g/mol. The summed E-state index contributed by atoms with van der Waals surface area (Å²) in [5.41, 5.74) is 2.81. The number of rotatable bonds is 6. The molecule has 0 N–H and O–H groups in total. The molecule has 25 heavy (non-hydrogen) atoms. The van der Waals surface area contributed by atoms with Crippen LogP contribution in [0.25, 0.3) is 0 Å². The van der Waals surface area contributed by atoms with Crippen molar-refractivity contribution in [3.05, 3.63) is 59.9 Å². The summed E-state index contributed by atoms with van der Waals surface area (Å²) in [7, 11) is 0. The molecular formula is C20H23BrN2O2. The van der Waals surface area contributed by atoms with Crippen LogP contribution in [0.5, 0.6) is 0 Å². The number of Topliss-reactive ketones (excluding diaryl/α,β-unsaturated/α-hetero) is 1. The summed E-state index contributed by atoms with van der Waals surface area (Å²) in [6.45, 7) is 3.24. The molecule has 2 aromatic rings. The monoisotopic (exact) mass is 402 g/mol. The third-order valence-electron chi connectivity index (χ3n) is 4.52. The number of amides is 1. The van der Waals surface area contributed by atoms with Crippen LogP contribution in [0.3, 0.4) is 0 Å². The van der Waals surface area contributed by atoms with Crippen molar-refractivity contribution in [3.63, 3.8) is 0 Å². The number of fused-ring (bicyclic) bond motifs is 1. The average Bonchev–Trinajstić information content (AvgIpc) is 3.02. The first-order valence-corrected chi connectivity index (χ1v) is 8.53. The summed E-state index contributed by atoms with van der Waals surface area (Å²) >= 11 is 0. The Morgan fingerprint density at radius 1 is 1.12 bits per heavy atom. The zero-order chi connectivity index (χ0) is 16.9. The van der Waals surface area contributed by atoms with Gasteiger partial charge in [-0.3, -0.25) is 9.59 Å². The summed E-state index contributed by atoms with van der Waals surface area (Å²) < 4.78 is 2.14. The molecule has 1 aliphatic rings. The molecule has 1 aromatic heterocycles. The number of pyridine rings is 1. The van der Waals surface area contributed by atoms with Gasteiger partial charge in [0.05, 0.1) is 0 Å². The van der Waals surface area contributed by atoms with Crippen molar-refractivity contribution in [2.75, 3.05) is 11.4 Å². The van der Waals surface area contributed by atoms with E-state index < -0.39 is 0 Å². The molecule has 0 saturated heterocycles. The highest BCUT2D eigenvalue weighted by atomic mass is 79.9. The van der Waals surface area contributed by atoms with E-state index in [0.29, 0.717) is 6.42 Å². The van der Waals surface area contributed by atoms with Gasteiger partial charge in [0.25, 0.3) is 0 Å². The lowest BCUT2D eigenvalue weighted by Gasteiger charge is -2.17. The molecule has 0 radical (unpaired) electrons. The molecule has 0 aliphatic carbocycles. The second kappa shape index (κ2) is 8.90. The van der Waals surface area contributed by atoms with Crippen molar-refractivity contribution in [3.8, 4) is 0 Å². The standard InChI is InChI=1S/C20H23N2O2.BrH/c1-16(23)17-8-9-19-18(15-17)10-14-22(19)20(24)7-3-6-13-21-11-4-2-5-12-21;/h2,4-5,8-9,11-12,15H,3,6-7,10,13-14H2,1H3;1H/q+1;/p-1. The summed E-state index contributed by atoms with van der Waals surface area (Å²) in [6.07, 6.45) is 7.38. The lowest BCUT2D eigenvalue weighted by Crippen LogP contribution is -3.00. The van der Waals surface area contributed by atoms with Crippen molar-refractivity contribution in [2.45, 2.75) is 39.2 Å². The van der Waals surface area contributed by atoms with Gasteiger partial charge in [-0.1, -0.05) is 6.07 Å². The van der Waals surface area contributed by atoms with Crippen LogP contribution in [0.1, 0.15) is 42.1 Å². The first kappa shape index (κ1) is 19.3. The van der Waals surface area contributed by atoms with Crippen LogP contribution in [-0.2, 0) is 17.8 Å². The molecule has 132 valence electrons. The number of aryl methyl sites for hydroxylation is 1. The van der Waals surface area contributed by atoms with E-state index in [4.69, 9.17) is 0 Å². The zero-order valence-electron chi connectivity index (χ0n) is 14.5. The van der Waals surface area contributed by atoms with E-state index in [1.54, 1.807) is 6.92 Å². The lowest BCUT2D eigenvalue weighted by molar-refractivity contribution is -0.697. The molecule has 2 heterocycles. The summed E-state index contributed by atoms with van der Waals surface area (Å²) in [5, 5.41) is 0. The average molecular weight is 403 g/mol. The van der Waals surface area contributed by atoms with Crippen LogP contribution < -0.4 is 26.4 Å². The van der Waals surface area contributed by atoms with Crippen LogP contribution in [0, 0.1) is 0 Å². The van der Waals surface area contributed by atoms with Crippen LogP contribution in [0.15, 0.2) is 48.8 Å². The van der Waals surface area contributed by atoms with Gasteiger partial charge in [0.15, 0.2) is 18.2 Å². The minimum atomic E-state index is 0. The maximum atomic E-state index is 12.5. The van der Waals surface area contributed by atoms with Crippen LogP contribution >= 0.6 is 0 Å². The summed E-state index contributed by atoms with van der Waals surface area (Å²) in [5.74, 6) is 0.253. The smallest absolute Gasteiger partial charge is 0.226 e. The SMILES string of the molecule is CC(=O)c1ccc2c(c1)CCN2C(=O)CCCC[n+]1ccccc1.[Br-]. The minimum absolute atomic E-state index is 0. The third-order valence-corrected chi connectivity index (χ3v) is 4.52. The van der Waals surface area contributed by atoms with Gasteiger partial charge in [-0.2, -0.15) is 0 Å². The molecule has 5 heteroatoms.